The molecule has 0 bridgehead atoms. The molecule has 0 radical (unpaired) electrons. The zero-order chi connectivity index (χ0) is 14.4. The standard InChI is InChI=1S/C15H12N2O3/c18-14-4-2-1-3-13(14)10-17-16-9-11-5-7-12(8-6-11)15(19)20/h1-10,18H,(H,19,20)/b16-9?,17-10+. The van der Waals surface area contributed by atoms with E-state index in [0.717, 1.165) is 5.56 Å². The van der Waals surface area contributed by atoms with Crippen LogP contribution < -0.4 is 0 Å². The van der Waals surface area contributed by atoms with Crippen molar-refractivity contribution >= 4 is 18.4 Å². The lowest BCUT2D eigenvalue weighted by Gasteiger charge is -1.95. The molecule has 2 aromatic carbocycles. The number of carbonyl (C=O) groups is 1. The molecule has 0 saturated heterocycles. The van der Waals surface area contributed by atoms with Crippen LogP contribution in [0, 0.1) is 0 Å². The Hall–Kier alpha value is -2.95. The third-order valence-electron chi connectivity index (χ3n) is 2.56. The number of hydrogen-bond donors (Lipinski definition) is 2. The number of rotatable bonds is 4. The number of para-hydroxylation sites is 1. The lowest BCUT2D eigenvalue weighted by Crippen LogP contribution is -1.95. The highest BCUT2D eigenvalue weighted by Crippen LogP contribution is 2.12. The molecule has 0 spiro atoms. The van der Waals surface area contributed by atoms with E-state index in [0.29, 0.717) is 5.56 Å². The van der Waals surface area contributed by atoms with Crippen molar-refractivity contribution < 1.29 is 15.0 Å². The molecule has 0 heterocycles. The zero-order valence-corrected chi connectivity index (χ0v) is 10.5. The highest BCUT2D eigenvalue weighted by Gasteiger charge is 2.00. The predicted molar refractivity (Wildman–Crippen MR) is 76.7 cm³/mol. The van der Waals surface area contributed by atoms with Crippen LogP contribution in [-0.4, -0.2) is 28.6 Å². The largest absolute Gasteiger partial charge is 0.507 e. The van der Waals surface area contributed by atoms with Crippen LogP contribution in [0.3, 0.4) is 0 Å². The molecule has 2 aromatic rings. The van der Waals surface area contributed by atoms with Crippen molar-refractivity contribution in [3.05, 3.63) is 65.2 Å². The number of carboxylic acids is 1. The summed E-state index contributed by atoms with van der Waals surface area (Å²) in [5.41, 5.74) is 1.54. The molecule has 0 aliphatic heterocycles. The fourth-order valence-corrected chi connectivity index (χ4v) is 1.50. The average Bonchev–Trinajstić information content (AvgIpc) is 2.46. The fourth-order valence-electron chi connectivity index (χ4n) is 1.50. The molecular formula is C15H12N2O3. The second kappa shape index (κ2) is 6.29. The van der Waals surface area contributed by atoms with Crippen molar-refractivity contribution in [3.63, 3.8) is 0 Å². The predicted octanol–water partition coefficient (Wildman–Crippen LogP) is 2.54. The average molecular weight is 268 g/mol. The number of phenols is 1. The van der Waals surface area contributed by atoms with Gasteiger partial charge in [-0.25, -0.2) is 4.79 Å². The van der Waals surface area contributed by atoms with Gasteiger partial charge in [0, 0.05) is 5.56 Å². The van der Waals surface area contributed by atoms with Crippen LogP contribution in [0.15, 0.2) is 58.7 Å². The van der Waals surface area contributed by atoms with E-state index in [9.17, 15) is 9.90 Å². The Morgan fingerprint density at radius 2 is 1.60 bits per heavy atom. The molecule has 0 fully saturated rings. The Balaban J connectivity index is 2.03. The highest BCUT2D eigenvalue weighted by atomic mass is 16.4. The van der Waals surface area contributed by atoms with Gasteiger partial charge in [-0.05, 0) is 29.8 Å². The minimum Gasteiger partial charge on any atom is -0.507 e. The lowest BCUT2D eigenvalue weighted by molar-refractivity contribution is 0.0697. The van der Waals surface area contributed by atoms with Crippen LogP contribution in [-0.2, 0) is 0 Å². The molecule has 0 aliphatic rings. The SMILES string of the molecule is O=C(O)c1ccc(C=N/N=C/c2ccccc2O)cc1. The van der Waals surface area contributed by atoms with Gasteiger partial charge in [-0.15, -0.1) is 0 Å². The Labute approximate surface area is 115 Å². The number of aromatic hydroxyl groups is 1. The Morgan fingerprint density at radius 3 is 2.25 bits per heavy atom. The molecule has 0 saturated carbocycles. The van der Waals surface area contributed by atoms with Gasteiger partial charge in [-0.1, -0.05) is 24.3 Å². The summed E-state index contributed by atoms with van der Waals surface area (Å²) >= 11 is 0. The molecule has 2 rings (SSSR count). The Morgan fingerprint density at radius 1 is 0.950 bits per heavy atom. The molecule has 20 heavy (non-hydrogen) atoms. The van der Waals surface area contributed by atoms with Gasteiger partial charge in [0.1, 0.15) is 5.75 Å². The van der Waals surface area contributed by atoms with Gasteiger partial charge >= 0.3 is 5.97 Å². The maximum atomic E-state index is 10.7. The molecule has 2 N–H and O–H groups in total. The van der Waals surface area contributed by atoms with E-state index < -0.39 is 5.97 Å². The molecule has 5 heteroatoms. The van der Waals surface area contributed by atoms with E-state index in [1.54, 1.807) is 36.4 Å². The normalized spacial score (nSPS) is 11.2. The van der Waals surface area contributed by atoms with Crippen molar-refractivity contribution in [1.82, 2.24) is 0 Å². The number of hydrogen-bond acceptors (Lipinski definition) is 4. The number of aromatic carboxylic acids is 1. The molecule has 100 valence electrons. The van der Waals surface area contributed by atoms with Gasteiger partial charge in [0.2, 0.25) is 0 Å². The van der Waals surface area contributed by atoms with Crippen LogP contribution in [0.5, 0.6) is 5.75 Å². The quantitative estimate of drug-likeness (QED) is 0.660. The molecule has 0 atom stereocenters. The van der Waals surface area contributed by atoms with Gasteiger partial charge in [0.05, 0.1) is 18.0 Å². The number of carboxylic acid groups (broad SMARTS) is 1. The summed E-state index contributed by atoms with van der Waals surface area (Å²) in [6.07, 6.45) is 2.94. The topological polar surface area (TPSA) is 82.2 Å². The van der Waals surface area contributed by atoms with Gasteiger partial charge in [-0.3, -0.25) is 0 Å². The molecule has 0 aliphatic carbocycles. The first-order valence-corrected chi connectivity index (χ1v) is 5.84. The number of nitrogens with zero attached hydrogens (tertiary/aromatic N) is 2. The minimum atomic E-state index is -0.967. The molecule has 0 unspecified atom stereocenters. The second-order valence-electron chi connectivity index (χ2n) is 3.98. The first kappa shape index (κ1) is 13.5. The van der Waals surface area contributed by atoms with Crippen molar-refractivity contribution in [3.8, 4) is 5.75 Å². The Kier molecular flexibility index (Phi) is 4.24. The van der Waals surface area contributed by atoms with Gasteiger partial charge < -0.3 is 10.2 Å². The second-order valence-corrected chi connectivity index (χ2v) is 3.98. The summed E-state index contributed by atoms with van der Waals surface area (Å²) in [4.78, 5) is 10.7. The minimum absolute atomic E-state index is 0.136. The first-order chi connectivity index (χ1) is 9.66. The van der Waals surface area contributed by atoms with E-state index in [1.807, 2.05) is 0 Å². The van der Waals surface area contributed by atoms with Crippen LogP contribution in [0.4, 0.5) is 0 Å². The third-order valence-corrected chi connectivity index (χ3v) is 2.56. The van der Waals surface area contributed by atoms with E-state index in [-0.39, 0.29) is 11.3 Å². The summed E-state index contributed by atoms with van der Waals surface area (Å²) in [5, 5.41) is 25.9. The van der Waals surface area contributed by atoms with E-state index in [2.05, 4.69) is 10.2 Å². The van der Waals surface area contributed by atoms with Gasteiger partial charge in [-0.2, -0.15) is 10.2 Å². The zero-order valence-electron chi connectivity index (χ0n) is 10.5. The highest BCUT2D eigenvalue weighted by molar-refractivity contribution is 5.89. The van der Waals surface area contributed by atoms with Crippen LogP contribution in [0.2, 0.25) is 0 Å². The lowest BCUT2D eigenvalue weighted by atomic mass is 10.1. The summed E-state index contributed by atoms with van der Waals surface area (Å²) < 4.78 is 0. The van der Waals surface area contributed by atoms with E-state index >= 15 is 0 Å². The van der Waals surface area contributed by atoms with Crippen LogP contribution >= 0.6 is 0 Å². The van der Waals surface area contributed by atoms with Crippen LogP contribution in [0.25, 0.3) is 0 Å². The first-order valence-electron chi connectivity index (χ1n) is 5.84. The summed E-state index contributed by atoms with van der Waals surface area (Å²) in [7, 11) is 0. The van der Waals surface area contributed by atoms with Crippen LogP contribution in [0.1, 0.15) is 21.5 Å². The smallest absolute Gasteiger partial charge is 0.335 e. The van der Waals surface area contributed by atoms with Crippen molar-refractivity contribution in [2.45, 2.75) is 0 Å². The van der Waals surface area contributed by atoms with Gasteiger partial charge in [0.25, 0.3) is 0 Å². The number of phenolic OH excluding ortho intramolecular Hbond substituents is 1. The third kappa shape index (κ3) is 3.52. The monoisotopic (exact) mass is 268 g/mol. The van der Waals surface area contributed by atoms with Crippen molar-refractivity contribution in [1.29, 1.82) is 0 Å². The van der Waals surface area contributed by atoms with E-state index in [1.165, 1.54) is 24.6 Å². The van der Waals surface area contributed by atoms with Crippen molar-refractivity contribution in [2.24, 2.45) is 10.2 Å². The molecule has 0 amide bonds. The maximum Gasteiger partial charge on any atom is 0.335 e. The van der Waals surface area contributed by atoms with Crippen molar-refractivity contribution in [2.75, 3.05) is 0 Å². The van der Waals surface area contributed by atoms with Gasteiger partial charge in [0.15, 0.2) is 0 Å². The summed E-state index contributed by atoms with van der Waals surface area (Å²) in [5.74, 6) is -0.830. The summed E-state index contributed by atoms with van der Waals surface area (Å²) in [6.45, 7) is 0. The molecule has 5 nitrogen and oxygen atoms in total. The Bertz CT molecular complexity index is 661. The summed E-state index contributed by atoms with van der Waals surface area (Å²) in [6, 6.07) is 13.1. The fraction of sp³-hybridized carbons (Fsp3) is 0. The molecular weight excluding hydrogens is 256 g/mol. The number of benzene rings is 2. The maximum absolute atomic E-state index is 10.7. The molecule has 0 aromatic heterocycles. The van der Waals surface area contributed by atoms with E-state index in [4.69, 9.17) is 5.11 Å².